The molecule has 0 amide bonds. The van der Waals surface area contributed by atoms with Crippen LogP contribution in [0.2, 0.25) is 5.02 Å². The van der Waals surface area contributed by atoms with Crippen molar-refractivity contribution in [2.45, 2.75) is 6.54 Å². The molecule has 19 heavy (non-hydrogen) atoms. The van der Waals surface area contributed by atoms with E-state index >= 15 is 0 Å². The van der Waals surface area contributed by atoms with Gasteiger partial charge in [0.1, 0.15) is 0 Å². The molecule has 5 nitrogen and oxygen atoms in total. The van der Waals surface area contributed by atoms with Gasteiger partial charge in [-0.05, 0) is 11.6 Å². The summed E-state index contributed by atoms with van der Waals surface area (Å²) in [6.07, 6.45) is 0. The monoisotopic (exact) mass is 285 g/mol. The van der Waals surface area contributed by atoms with Gasteiger partial charge in [0.15, 0.2) is 11.5 Å². The topological polar surface area (TPSA) is 59.0 Å². The summed E-state index contributed by atoms with van der Waals surface area (Å²) >= 11 is 6.27. The SMILES string of the molecule is COc1ccc(CN2CC(C(=O)O)C2)c(Cl)c1OC. The number of carbonyl (C=O) groups is 1. The van der Waals surface area contributed by atoms with Crippen LogP contribution in [0, 0.1) is 5.92 Å². The summed E-state index contributed by atoms with van der Waals surface area (Å²) in [6.45, 7) is 1.73. The Balaban J connectivity index is 2.08. The van der Waals surface area contributed by atoms with E-state index in [2.05, 4.69) is 0 Å². The lowest BCUT2D eigenvalue weighted by Gasteiger charge is -2.36. The summed E-state index contributed by atoms with van der Waals surface area (Å²) in [7, 11) is 3.10. The van der Waals surface area contributed by atoms with Crippen LogP contribution in [0.3, 0.4) is 0 Å². The zero-order chi connectivity index (χ0) is 14.0. The van der Waals surface area contributed by atoms with Gasteiger partial charge < -0.3 is 14.6 Å². The van der Waals surface area contributed by atoms with Crippen molar-refractivity contribution in [2.24, 2.45) is 5.92 Å². The van der Waals surface area contributed by atoms with Gasteiger partial charge in [-0.1, -0.05) is 17.7 Å². The molecule has 1 aliphatic rings. The predicted molar refractivity (Wildman–Crippen MR) is 71.0 cm³/mol. The van der Waals surface area contributed by atoms with E-state index in [9.17, 15) is 4.79 Å². The van der Waals surface area contributed by atoms with E-state index in [0.29, 0.717) is 36.2 Å². The summed E-state index contributed by atoms with van der Waals surface area (Å²) in [4.78, 5) is 12.8. The first-order valence-corrected chi connectivity index (χ1v) is 6.29. The number of hydrogen-bond donors (Lipinski definition) is 1. The maximum absolute atomic E-state index is 10.7. The van der Waals surface area contributed by atoms with Crippen molar-refractivity contribution in [1.29, 1.82) is 0 Å². The fourth-order valence-electron chi connectivity index (χ4n) is 2.15. The molecular formula is C13H16ClNO4. The summed E-state index contributed by atoms with van der Waals surface area (Å²) in [5.41, 5.74) is 0.906. The van der Waals surface area contributed by atoms with Crippen molar-refractivity contribution < 1.29 is 19.4 Å². The summed E-state index contributed by atoms with van der Waals surface area (Å²) in [6, 6.07) is 3.67. The highest BCUT2D eigenvalue weighted by Crippen LogP contribution is 2.38. The Morgan fingerprint density at radius 1 is 1.42 bits per heavy atom. The third-order valence-corrected chi connectivity index (χ3v) is 3.68. The van der Waals surface area contributed by atoms with Crippen LogP contribution in [0.4, 0.5) is 0 Å². The van der Waals surface area contributed by atoms with Crippen LogP contribution in [0.5, 0.6) is 11.5 Å². The smallest absolute Gasteiger partial charge is 0.309 e. The lowest BCUT2D eigenvalue weighted by atomic mass is 9.99. The zero-order valence-electron chi connectivity index (χ0n) is 10.9. The molecule has 0 aromatic heterocycles. The molecular weight excluding hydrogens is 270 g/mol. The van der Waals surface area contributed by atoms with Crippen LogP contribution in [0.25, 0.3) is 0 Å². The zero-order valence-corrected chi connectivity index (χ0v) is 11.6. The van der Waals surface area contributed by atoms with Crippen LogP contribution in [-0.4, -0.2) is 43.3 Å². The molecule has 1 heterocycles. The number of ether oxygens (including phenoxy) is 2. The van der Waals surface area contributed by atoms with Crippen LogP contribution in [0.1, 0.15) is 5.56 Å². The molecule has 0 radical (unpaired) electrons. The third-order valence-electron chi connectivity index (χ3n) is 3.27. The maximum Gasteiger partial charge on any atom is 0.309 e. The lowest BCUT2D eigenvalue weighted by molar-refractivity contribution is -0.147. The molecule has 1 aromatic carbocycles. The van der Waals surface area contributed by atoms with Crippen molar-refractivity contribution in [3.8, 4) is 11.5 Å². The van der Waals surface area contributed by atoms with Crippen molar-refractivity contribution in [2.75, 3.05) is 27.3 Å². The van der Waals surface area contributed by atoms with Crippen molar-refractivity contribution >= 4 is 17.6 Å². The number of methoxy groups -OCH3 is 2. The fourth-order valence-corrected chi connectivity index (χ4v) is 2.44. The van der Waals surface area contributed by atoms with E-state index in [0.717, 1.165) is 5.56 Å². The normalized spacial score (nSPS) is 15.9. The molecule has 104 valence electrons. The molecule has 1 aromatic rings. The van der Waals surface area contributed by atoms with E-state index in [1.165, 1.54) is 7.11 Å². The first kappa shape index (κ1) is 14.0. The van der Waals surface area contributed by atoms with E-state index < -0.39 is 5.97 Å². The highest BCUT2D eigenvalue weighted by Gasteiger charge is 2.32. The third kappa shape index (κ3) is 2.77. The minimum Gasteiger partial charge on any atom is -0.493 e. The quantitative estimate of drug-likeness (QED) is 0.895. The van der Waals surface area contributed by atoms with Gasteiger partial charge in [-0.15, -0.1) is 0 Å². The maximum atomic E-state index is 10.7. The minimum atomic E-state index is -0.741. The van der Waals surface area contributed by atoms with E-state index in [1.807, 2.05) is 11.0 Å². The van der Waals surface area contributed by atoms with Gasteiger partial charge in [0, 0.05) is 19.6 Å². The number of carboxylic acids is 1. The molecule has 1 N–H and O–H groups in total. The number of aliphatic carboxylic acids is 1. The highest BCUT2D eigenvalue weighted by molar-refractivity contribution is 6.33. The molecule has 0 unspecified atom stereocenters. The van der Waals surface area contributed by atoms with Crippen molar-refractivity contribution in [1.82, 2.24) is 4.90 Å². The molecule has 1 aliphatic heterocycles. The molecule has 1 saturated heterocycles. The van der Waals surface area contributed by atoms with Crippen LogP contribution < -0.4 is 9.47 Å². The van der Waals surface area contributed by atoms with Gasteiger partial charge in [-0.3, -0.25) is 9.69 Å². The molecule has 2 rings (SSSR count). The molecule has 0 saturated carbocycles. The Morgan fingerprint density at radius 3 is 2.63 bits per heavy atom. The first-order chi connectivity index (χ1) is 9.06. The number of benzene rings is 1. The van der Waals surface area contributed by atoms with Crippen molar-refractivity contribution in [3.05, 3.63) is 22.7 Å². The number of carboxylic acid groups (broad SMARTS) is 1. The van der Waals surface area contributed by atoms with Gasteiger partial charge in [0.05, 0.1) is 25.2 Å². The summed E-state index contributed by atoms with van der Waals surface area (Å²) < 4.78 is 10.4. The number of halogens is 1. The Hall–Kier alpha value is -1.46. The number of likely N-dealkylation sites (tertiary alicyclic amines) is 1. The highest BCUT2D eigenvalue weighted by atomic mass is 35.5. The molecule has 0 aliphatic carbocycles. The Morgan fingerprint density at radius 2 is 2.11 bits per heavy atom. The van der Waals surface area contributed by atoms with Gasteiger partial charge in [0.25, 0.3) is 0 Å². The summed E-state index contributed by atoms with van der Waals surface area (Å²) in [5.74, 6) is 0.0915. The van der Waals surface area contributed by atoms with Crippen LogP contribution in [0.15, 0.2) is 12.1 Å². The number of nitrogens with zero attached hydrogens (tertiary/aromatic N) is 1. The largest absolute Gasteiger partial charge is 0.493 e. The van der Waals surface area contributed by atoms with Crippen LogP contribution in [-0.2, 0) is 11.3 Å². The molecule has 1 fully saturated rings. The molecule has 0 atom stereocenters. The van der Waals surface area contributed by atoms with Crippen molar-refractivity contribution in [3.63, 3.8) is 0 Å². The van der Waals surface area contributed by atoms with E-state index in [4.69, 9.17) is 26.2 Å². The van der Waals surface area contributed by atoms with E-state index in [-0.39, 0.29) is 5.92 Å². The second-order valence-corrected chi connectivity index (χ2v) is 4.88. The Labute approximate surface area is 116 Å². The average molecular weight is 286 g/mol. The molecule has 6 heteroatoms. The average Bonchev–Trinajstić information content (AvgIpc) is 2.33. The fraction of sp³-hybridized carbons (Fsp3) is 0.462. The Bertz CT molecular complexity index is 486. The number of hydrogen-bond acceptors (Lipinski definition) is 4. The second-order valence-electron chi connectivity index (χ2n) is 4.50. The van der Waals surface area contributed by atoms with E-state index in [1.54, 1.807) is 13.2 Å². The van der Waals surface area contributed by atoms with Gasteiger partial charge >= 0.3 is 5.97 Å². The predicted octanol–water partition coefficient (Wildman–Crippen LogP) is 1.87. The first-order valence-electron chi connectivity index (χ1n) is 5.91. The Kier molecular flexibility index (Phi) is 4.17. The van der Waals surface area contributed by atoms with Crippen LogP contribution >= 0.6 is 11.6 Å². The summed E-state index contributed by atoms with van der Waals surface area (Å²) in [5, 5.41) is 9.35. The lowest BCUT2D eigenvalue weighted by Crippen LogP contribution is -2.49. The van der Waals surface area contributed by atoms with Gasteiger partial charge in [0.2, 0.25) is 0 Å². The molecule has 0 bridgehead atoms. The van der Waals surface area contributed by atoms with Gasteiger partial charge in [-0.25, -0.2) is 0 Å². The second kappa shape index (κ2) is 5.67. The molecule has 0 spiro atoms. The number of rotatable bonds is 5. The van der Waals surface area contributed by atoms with Gasteiger partial charge in [-0.2, -0.15) is 0 Å². The minimum absolute atomic E-state index is 0.265. The standard InChI is InChI=1S/C13H16ClNO4/c1-18-10-4-3-8(11(14)12(10)19-2)5-15-6-9(7-15)13(16)17/h3-4,9H,5-7H2,1-2H3,(H,16,17).